The third-order valence-electron chi connectivity index (χ3n) is 3.24. The molecule has 0 bridgehead atoms. The fourth-order valence-corrected chi connectivity index (χ4v) is 3.73. The molecule has 0 N–H and O–H groups in total. The van der Waals surface area contributed by atoms with Crippen LogP contribution < -0.4 is 0 Å². The lowest BCUT2D eigenvalue weighted by Gasteiger charge is -2.31. The molecule has 5 nitrogen and oxygen atoms in total. The predicted octanol–water partition coefficient (Wildman–Crippen LogP) is 2.93. The Morgan fingerprint density at radius 3 is 2.12 bits per heavy atom. The van der Waals surface area contributed by atoms with E-state index < -0.39 is 39.5 Å². The highest BCUT2D eigenvalue weighted by Gasteiger charge is 2.48. The van der Waals surface area contributed by atoms with Crippen molar-refractivity contribution in [3.05, 3.63) is 54.4 Å². The number of hydrogen-bond acceptors (Lipinski definition) is 4. The molecule has 1 unspecified atom stereocenters. The van der Waals surface area contributed by atoms with E-state index in [4.69, 9.17) is 0 Å². The molecule has 0 fully saturated rings. The molecule has 1 atom stereocenters. The lowest BCUT2D eigenvalue weighted by Crippen LogP contribution is -2.42. The van der Waals surface area contributed by atoms with Gasteiger partial charge in [0.2, 0.25) is 10.0 Å². The van der Waals surface area contributed by atoms with Crippen molar-refractivity contribution in [2.24, 2.45) is 0 Å². The topological polar surface area (TPSA) is 63.2 Å². The smallest absolute Gasteiger partial charge is 0.243 e. The first-order chi connectivity index (χ1) is 11.2. The highest BCUT2D eigenvalue weighted by atomic mass is 32.2. The fourth-order valence-electron chi connectivity index (χ4n) is 2.21. The first-order valence-corrected chi connectivity index (χ1v) is 8.21. The quantitative estimate of drug-likeness (QED) is 0.767. The maximum absolute atomic E-state index is 13.6. The van der Waals surface area contributed by atoms with E-state index in [1.54, 1.807) is 0 Å². The Bertz CT molecular complexity index is 780. The average Bonchev–Trinajstić information content (AvgIpc) is 2.53. The lowest BCUT2D eigenvalue weighted by molar-refractivity contribution is -0.173. The van der Waals surface area contributed by atoms with Gasteiger partial charge in [0.1, 0.15) is 23.1 Å². The van der Waals surface area contributed by atoms with Crippen LogP contribution in [-0.2, 0) is 10.0 Å². The largest absolute Gasteiger partial charge is 0.409 e. The molecule has 1 heterocycles. The molecule has 0 aliphatic heterocycles. The molecule has 0 saturated carbocycles. The van der Waals surface area contributed by atoms with Crippen molar-refractivity contribution in [2.75, 3.05) is 6.54 Å². The number of benzene rings is 1. The number of hydrogen-bond donors (Lipinski definition) is 0. The summed E-state index contributed by atoms with van der Waals surface area (Å²) in [5.74, 6) is -0.720. The Hall–Kier alpha value is -2.07. The van der Waals surface area contributed by atoms with Crippen molar-refractivity contribution in [2.45, 2.75) is 24.0 Å². The molecule has 0 aliphatic rings. The summed E-state index contributed by atoms with van der Waals surface area (Å²) in [6.45, 7) is 0.836. The van der Waals surface area contributed by atoms with Gasteiger partial charge in [0.25, 0.3) is 0 Å². The van der Waals surface area contributed by atoms with Gasteiger partial charge in [-0.25, -0.2) is 22.8 Å². The van der Waals surface area contributed by atoms with Crippen LogP contribution in [0.4, 0.5) is 17.6 Å². The van der Waals surface area contributed by atoms with Crippen molar-refractivity contribution >= 4 is 10.0 Å². The fraction of sp³-hybridized carbons (Fsp3) is 0.286. The number of aromatic nitrogens is 2. The van der Waals surface area contributed by atoms with E-state index in [0.717, 1.165) is 43.0 Å². The summed E-state index contributed by atoms with van der Waals surface area (Å²) in [7, 11) is -4.50. The number of alkyl halides is 3. The second-order valence-corrected chi connectivity index (χ2v) is 6.67. The van der Waals surface area contributed by atoms with E-state index in [-0.39, 0.29) is 5.56 Å². The minimum Gasteiger partial charge on any atom is -0.243 e. The van der Waals surface area contributed by atoms with Gasteiger partial charge in [0.15, 0.2) is 0 Å². The number of sulfonamides is 1. The van der Waals surface area contributed by atoms with Crippen LogP contribution in [0.15, 0.2) is 47.9 Å². The van der Waals surface area contributed by atoms with Crippen molar-refractivity contribution in [3.8, 4) is 0 Å². The minimum absolute atomic E-state index is 0.291. The van der Waals surface area contributed by atoms with Crippen LogP contribution in [0, 0.1) is 5.82 Å². The van der Waals surface area contributed by atoms with Gasteiger partial charge in [-0.05, 0) is 17.7 Å². The zero-order valence-corrected chi connectivity index (χ0v) is 13.2. The van der Waals surface area contributed by atoms with E-state index in [9.17, 15) is 26.0 Å². The molecule has 0 aliphatic carbocycles. The number of nitrogens with zero attached hydrogens (tertiary/aromatic N) is 3. The maximum Gasteiger partial charge on any atom is 0.409 e. The second-order valence-electron chi connectivity index (χ2n) is 4.78. The van der Waals surface area contributed by atoms with Gasteiger partial charge < -0.3 is 0 Å². The van der Waals surface area contributed by atoms with Crippen LogP contribution in [0.5, 0.6) is 0 Å². The van der Waals surface area contributed by atoms with Crippen molar-refractivity contribution in [3.63, 3.8) is 0 Å². The molecule has 1 aromatic carbocycles. The van der Waals surface area contributed by atoms with E-state index in [0.29, 0.717) is 4.31 Å². The van der Waals surface area contributed by atoms with Gasteiger partial charge in [-0.1, -0.05) is 19.1 Å². The Kier molecular flexibility index (Phi) is 5.19. The van der Waals surface area contributed by atoms with Gasteiger partial charge >= 0.3 is 6.18 Å². The normalized spacial score (nSPS) is 13.9. The predicted molar refractivity (Wildman–Crippen MR) is 76.8 cm³/mol. The number of rotatable bonds is 5. The van der Waals surface area contributed by atoms with Crippen LogP contribution in [0.3, 0.4) is 0 Å². The summed E-state index contributed by atoms with van der Waals surface area (Å²) in [5.41, 5.74) is -0.383. The molecule has 130 valence electrons. The van der Waals surface area contributed by atoms with Gasteiger partial charge in [-0.2, -0.15) is 17.5 Å². The Morgan fingerprint density at radius 2 is 1.67 bits per heavy atom. The van der Waals surface area contributed by atoms with Crippen LogP contribution in [-0.4, -0.2) is 35.4 Å². The highest BCUT2D eigenvalue weighted by molar-refractivity contribution is 7.89. The maximum atomic E-state index is 13.6. The van der Waals surface area contributed by atoms with Gasteiger partial charge in [0.05, 0.1) is 12.4 Å². The molecule has 2 aromatic rings. The third-order valence-corrected chi connectivity index (χ3v) is 5.13. The average molecular weight is 363 g/mol. The standard InChI is InChI=1S/C14H13F4N3O2S/c1-2-21(24(22,23)12-7-19-9-20-8-12)13(14(16,17)18)10-3-5-11(15)6-4-10/h3-9,13H,2H2,1H3. The van der Waals surface area contributed by atoms with E-state index >= 15 is 0 Å². The summed E-state index contributed by atoms with van der Waals surface area (Å²) in [4.78, 5) is 6.60. The van der Waals surface area contributed by atoms with E-state index in [1.165, 1.54) is 6.92 Å². The molecule has 24 heavy (non-hydrogen) atoms. The van der Waals surface area contributed by atoms with Crippen LogP contribution in [0.25, 0.3) is 0 Å². The van der Waals surface area contributed by atoms with E-state index in [2.05, 4.69) is 9.97 Å². The van der Waals surface area contributed by atoms with Crippen LogP contribution >= 0.6 is 0 Å². The van der Waals surface area contributed by atoms with Gasteiger partial charge in [-0.15, -0.1) is 0 Å². The lowest BCUT2D eigenvalue weighted by atomic mass is 10.1. The Balaban J connectivity index is 2.57. The molecule has 0 amide bonds. The van der Waals surface area contributed by atoms with Crippen LogP contribution in [0.2, 0.25) is 0 Å². The summed E-state index contributed by atoms with van der Waals surface area (Å²) >= 11 is 0. The SMILES string of the molecule is CCN(C(c1ccc(F)cc1)C(F)(F)F)S(=O)(=O)c1cncnc1. The molecule has 0 radical (unpaired) electrons. The summed E-state index contributed by atoms with van der Waals surface area (Å²) in [6, 6.07) is 1.06. The first kappa shape index (κ1) is 18.3. The first-order valence-electron chi connectivity index (χ1n) is 6.77. The molecule has 0 saturated heterocycles. The second kappa shape index (κ2) is 6.81. The zero-order valence-electron chi connectivity index (χ0n) is 12.4. The van der Waals surface area contributed by atoms with Gasteiger partial charge in [0, 0.05) is 6.54 Å². The van der Waals surface area contributed by atoms with Crippen LogP contribution in [0.1, 0.15) is 18.5 Å². The monoisotopic (exact) mass is 363 g/mol. The van der Waals surface area contributed by atoms with Crippen molar-refractivity contribution < 1.29 is 26.0 Å². The van der Waals surface area contributed by atoms with Crippen molar-refractivity contribution in [1.82, 2.24) is 14.3 Å². The number of halogens is 4. The third kappa shape index (κ3) is 3.70. The molecule has 0 spiro atoms. The molecular weight excluding hydrogens is 350 g/mol. The summed E-state index contributed by atoms with van der Waals surface area (Å²) in [6.07, 6.45) is -1.99. The molecule has 2 rings (SSSR count). The van der Waals surface area contributed by atoms with E-state index in [1.807, 2.05) is 0 Å². The Morgan fingerprint density at radius 1 is 1.12 bits per heavy atom. The Labute approximate surface area is 136 Å². The zero-order chi connectivity index (χ0) is 18.0. The molecule has 10 heteroatoms. The molecule has 1 aromatic heterocycles. The summed E-state index contributed by atoms with van der Waals surface area (Å²) in [5, 5.41) is 0. The van der Waals surface area contributed by atoms with Gasteiger partial charge in [-0.3, -0.25) is 0 Å². The molecular formula is C14H13F4N3O2S. The minimum atomic E-state index is -4.89. The van der Waals surface area contributed by atoms with Crippen molar-refractivity contribution in [1.29, 1.82) is 0 Å². The highest BCUT2D eigenvalue weighted by Crippen LogP contribution is 2.40. The summed E-state index contributed by atoms with van der Waals surface area (Å²) < 4.78 is 79.1.